The van der Waals surface area contributed by atoms with Crippen molar-refractivity contribution >= 4 is 38.4 Å². The fourth-order valence-corrected chi connectivity index (χ4v) is 6.25. The van der Waals surface area contributed by atoms with Crippen molar-refractivity contribution in [2.75, 3.05) is 25.0 Å². The molecular formula is C27H32N4O4S. The van der Waals surface area contributed by atoms with E-state index in [0.29, 0.717) is 48.1 Å². The quantitative estimate of drug-likeness (QED) is 0.466. The van der Waals surface area contributed by atoms with Crippen LogP contribution < -0.4 is 15.4 Å². The minimum atomic E-state index is -3.85. The highest BCUT2D eigenvalue weighted by molar-refractivity contribution is 7.89. The van der Waals surface area contributed by atoms with E-state index in [1.54, 1.807) is 35.2 Å². The first-order chi connectivity index (χ1) is 17.2. The largest absolute Gasteiger partial charge is 0.338 e. The number of benzene rings is 3. The van der Waals surface area contributed by atoms with Crippen LogP contribution in [-0.2, 0) is 10.0 Å². The van der Waals surface area contributed by atoms with Gasteiger partial charge in [-0.2, -0.15) is 0 Å². The van der Waals surface area contributed by atoms with Gasteiger partial charge in [0.05, 0.1) is 4.90 Å². The molecule has 0 aromatic heterocycles. The van der Waals surface area contributed by atoms with Crippen molar-refractivity contribution in [2.24, 2.45) is 5.92 Å². The van der Waals surface area contributed by atoms with E-state index in [2.05, 4.69) is 15.4 Å². The molecule has 1 fully saturated rings. The summed E-state index contributed by atoms with van der Waals surface area (Å²) in [5.74, 6) is -0.297. The summed E-state index contributed by atoms with van der Waals surface area (Å²) in [7, 11) is -3.85. The summed E-state index contributed by atoms with van der Waals surface area (Å²) in [6.45, 7) is 7.19. The third kappa shape index (κ3) is 5.37. The fraction of sp³-hybridized carbons (Fsp3) is 0.333. The van der Waals surface area contributed by atoms with Gasteiger partial charge in [0.1, 0.15) is 0 Å². The number of likely N-dealkylation sites (tertiary alicyclic amines) is 1. The van der Waals surface area contributed by atoms with E-state index in [-0.39, 0.29) is 28.8 Å². The van der Waals surface area contributed by atoms with Gasteiger partial charge in [0.25, 0.3) is 5.91 Å². The molecule has 1 aliphatic heterocycles. The highest BCUT2D eigenvalue weighted by atomic mass is 32.2. The monoisotopic (exact) mass is 508 g/mol. The molecular weight excluding hydrogens is 476 g/mol. The van der Waals surface area contributed by atoms with Crippen LogP contribution in [0.15, 0.2) is 65.6 Å². The van der Waals surface area contributed by atoms with Gasteiger partial charge in [-0.05, 0) is 49.9 Å². The third-order valence-electron chi connectivity index (χ3n) is 6.64. The Labute approximate surface area is 212 Å². The van der Waals surface area contributed by atoms with Crippen LogP contribution in [0.5, 0.6) is 0 Å². The summed E-state index contributed by atoms with van der Waals surface area (Å²) >= 11 is 0. The number of carbonyl (C=O) groups is 2. The van der Waals surface area contributed by atoms with Crippen LogP contribution in [-0.4, -0.2) is 50.9 Å². The second-order valence-electron chi connectivity index (χ2n) is 9.20. The zero-order chi connectivity index (χ0) is 25.9. The van der Waals surface area contributed by atoms with Crippen molar-refractivity contribution < 1.29 is 18.0 Å². The van der Waals surface area contributed by atoms with Gasteiger partial charge in [0, 0.05) is 47.7 Å². The van der Waals surface area contributed by atoms with E-state index in [1.807, 2.05) is 45.0 Å². The lowest BCUT2D eigenvalue weighted by Crippen LogP contribution is -2.53. The number of piperidine rings is 1. The van der Waals surface area contributed by atoms with Crippen molar-refractivity contribution in [1.29, 1.82) is 0 Å². The molecule has 1 saturated heterocycles. The second kappa shape index (κ2) is 10.7. The van der Waals surface area contributed by atoms with Gasteiger partial charge in [0.15, 0.2) is 0 Å². The van der Waals surface area contributed by atoms with Crippen LogP contribution >= 0.6 is 0 Å². The molecule has 0 bridgehead atoms. The molecule has 9 heteroatoms. The predicted octanol–water partition coefficient (Wildman–Crippen LogP) is 4.12. The van der Waals surface area contributed by atoms with Gasteiger partial charge in [-0.15, -0.1) is 0 Å². The molecule has 3 aromatic rings. The molecule has 1 heterocycles. The number of sulfonamides is 1. The lowest BCUT2D eigenvalue weighted by atomic mass is 9.95. The number of urea groups is 1. The molecule has 36 heavy (non-hydrogen) atoms. The smallest absolute Gasteiger partial charge is 0.317 e. The summed E-state index contributed by atoms with van der Waals surface area (Å²) in [6.07, 6.45) is 0.528. The number of nitrogens with one attached hydrogen (secondary N) is 3. The van der Waals surface area contributed by atoms with E-state index in [0.717, 1.165) is 5.56 Å². The minimum Gasteiger partial charge on any atom is -0.338 e. The summed E-state index contributed by atoms with van der Waals surface area (Å²) in [5.41, 5.74) is 1.96. The Morgan fingerprint density at radius 1 is 1.00 bits per heavy atom. The van der Waals surface area contributed by atoms with E-state index < -0.39 is 10.0 Å². The third-order valence-corrected chi connectivity index (χ3v) is 8.19. The van der Waals surface area contributed by atoms with E-state index in [9.17, 15) is 18.0 Å². The van der Waals surface area contributed by atoms with E-state index in [1.165, 1.54) is 6.07 Å². The molecule has 190 valence electrons. The number of amides is 3. The normalized spacial score (nSPS) is 18.1. The van der Waals surface area contributed by atoms with Gasteiger partial charge < -0.3 is 15.5 Å². The molecule has 8 nitrogen and oxygen atoms in total. The van der Waals surface area contributed by atoms with E-state index in [4.69, 9.17) is 0 Å². The molecule has 0 unspecified atom stereocenters. The summed E-state index contributed by atoms with van der Waals surface area (Å²) < 4.78 is 29.8. The number of rotatable bonds is 6. The SMILES string of the molecule is CCNC(=O)N1CC[C@H](NS(=O)(=O)c2ccc(NC(=O)c3ccccc3C)c3ccccc23)[C@@H](C)C1. The highest BCUT2D eigenvalue weighted by Crippen LogP contribution is 2.31. The van der Waals surface area contributed by atoms with Crippen molar-refractivity contribution in [3.05, 3.63) is 71.8 Å². The zero-order valence-electron chi connectivity index (χ0n) is 20.7. The van der Waals surface area contributed by atoms with Gasteiger partial charge in [-0.3, -0.25) is 4.79 Å². The Hall–Kier alpha value is -3.43. The van der Waals surface area contributed by atoms with Crippen LogP contribution in [0.3, 0.4) is 0 Å². The van der Waals surface area contributed by atoms with Crippen molar-refractivity contribution in [3.8, 4) is 0 Å². The number of carbonyl (C=O) groups excluding carboxylic acids is 2. The van der Waals surface area contributed by atoms with Gasteiger partial charge in [-0.25, -0.2) is 17.9 Å². The van der Waals surface area contributed by atoms with Crippen LogP contribution in [0, 0.1) is 12.8 Å². The van der Waals surface area contributed by atoms with Crippen molar-refractivity contribution in [3.63, 3.8) is 0 Å². The number of aryl methyl sites for hydroxylation is 1. The van der Waals surface area contributed by atoms with Crippen LogP contribution in [0.25, 0.3) is 10.8 Å². The second-order valence-corrected chi connectivity index (χ2v) is 10.9. The number of nitrogens with zero attached hydrogens (tertiary/aromatic N) is 1. The first-order valence-corrected chi connectivity index (χ1v) is 13.6. The standard InChI is InChI=1S/C27H32N4O4S/c1-4-28-27(33)31-16-15-23(19(3)17-31)30-36(34,35)25-14-13-24(21-11-7-8-12-22(21)25)29-26(32)20-10-6-5-9-18(20)2/h5-14,19,23,30H,4,15-17H2,1-3H3,(H,28,33)(H,29,32)/t19-,23-/m0/s1. The molecule has 3 aromatic carbocycles. The maximum absolute atomic E-state index is 13.5. The number of fused-ring (bicyclic) bond motifs is 1. The Balaban J connectivity index is 1.57. The zero-order valence-corrected chi connectivity index (χ0v) is 21.6. The molecule has 3 amide bonds. The van der Waals surface area contributed by atoms with Crippen LogP contribution in [0.1, 0.15) is 36.2 Å². The molecule has 0 spiro atoms. The maximum atomic E-state index is 13.5. The Morgan fingerprint density at radius 3 is 2.39 bits per heavy atom. The van der Waals surface area contributed by atoms with Crippen molar-refractivity contribution in [1.82, 2.24) is 14.9 Å². The van der Waals surface area contributed by atoms with Gasteiger partial charge >= 0.3 is 6.03 Å². The summed E-state index contributed by atoms with van der Waals surface area (Å²) in [5, 5.41) is 6.90. The number of anilines is 1. The number of hydrogen-bond acceptors (Lipinski definition) is 4. The Morgan fingerprint density at radius 2 is 1.69 bits per heavy atom. The van der Waals surface area contributed by atoms with E-state index >= 15 is 0 Å². The number of hydrogen-bond donors (Lipinski definition) is 3. The lowest BCUT2D eigenvalue weighted by Gasteiger charge is -2.37. The Kier molecular flexibility index (Phi) is 7.61. The summed E-state index contributed by atoms with van der Waals surface area (Å²) in [6, 6.07) is 17.2. The fourth-order valence-electron chi connectivity index (χ4n) is 4.66. The molecule has 0 aliphatic carbocycles. The molecule has 0 radical (unpaired) electrons. The molecule has 2 atom stereocenters. The van der Waals surface area contributed by atoms with Crippen LogP contribution in [0.4, 0.5) is 10.5 Å². The first-order valence-electron chi connectivity index (χ1n) is 12.1. The van der Waals surface area contributed by atoms with Crippen molar-refractivity contribution in [2.45, 2.75) is 38.1 Å². The highest BCUT2D eigenvalue weighted by Gasteiger charge is 2.32. The Bertz CT molecular complexity index is 1390. The molecule has 4 rings (SSSR count). The molecule has 0 saturated carbocycles. The minimum absolute atomic E-state index is 0.0462. The molecule has 1 aliphatic rings. The molecule has 3 N–H and O–H groups in total. The van der Waals surface area contributed by atoms with Crippen LogP contribution in [0.2, 0.25) is 0 Å². The van der Waals surface area contributed by atoms with Gasteiger partial charge in [-0.1, -0.05) is 49.4 Å². The lowest BCUT2D eigenvalue weighted by molar-refractivity contribution is 0.102. The summed E-state index contributed by atoms with van der Waals surface area (Å²) in [4.78, 5) is 26.9. The first kappa shape index (κ1) is 25.7. The average molecular weight is 509 g/mol. The van der Waals surface area contributed by atoms with Gasteiger partial charge in [0.2, 0.25) is 10.0 Å². The predicted molar refractivity (Wildman–Crippen MR) is 142 cm³/mol. The topological polar surface area (TPSA) is 108 Å². The average Bonchev–Trinajstić information content (AvgIpc) is 2.85. The maximum Gasteiger partial charge on any atom is 0.317 e.